The van der Waals surface area contributed by atoms with Crippen molar-refractivity contribution in [1.82, 2.24) is 0 Å². The van der Waals surface area contributed by atoms with Gasteiger partial charge in [-0.05, 0) is 12.8 Å². The Hall–Kier alpha value is -1.11. The lowest BCUT2D eigenvalue weighted by Crippen LogP contribution is -2.13. The summed E-state index contributed by atoms with van der Waals surface area (Å²) in [6.45, 7) is 4.30. The van der Waals surface area contributed by atoms with Crippen LogP contribution in [0.1, 0.15) is 56.3 Å². The fourth-order valence-electron chi connectivity index (χ4n) is 2.00. The van der Waals surface area contributed by atoms with Crippen LogP contribution in [-0.2, 0) is 0 Å². The van der Waals surface area contributed by atoms with Crippen molar-refractivity contribution in [2.45, 2.75) is 46.0 Å². The van der Waals surface area contributed by atoms with Crippen LogP contribution in [0.2, 0.25) is 0 Å². The molecule has 1 aromatic carbocycles. The largest absolute Gasteiger partial charge is 0.294 e. The first kappa shape index (κ1) is 13.0. The molecule has 0 heterocycles. The zero-order valence-corrected chi connectivity index (χ0v) is 10.4. The second kappa shape index (κ2) is 7.21. The number of carbonyl (C=O) groups excluding carboxylic acids is 1. The van der Waals surface area contributed by atoms with Gasteiger partial charge in [-0.25, -0.2) is 0 Å². The highest BCUT2D eigenvalue weighted by Crippen LogP contribution is 2.19. The molecule has 88 valence electrons. The van der Waals surface area contributed by atoms with Crippen molar-refractivity contribution < 1.29 is 4.79 Å². The number of hydrogen-bond donors (Lipinski definition) is 0. The molecule has 0 aliphatic rings. The molecule has 1 unspecified atom stereocenters. The molecular formula is C15H22O. The molecule has 16 heavy (non-hydrogen) atoms. The molecule has 1 aromatic rings. The second-order valence-corrected chi connectivity index (χ2v) is 4.33. The topological polar surface area (TPSA) is 17.1 Å². The third-order valence-electron chi connectivity index (χ3n) is 3.08. The van der Waals surface area contributed by atoms with Crippen LogP contribution in [0.3, 0.4) is 0 Å². The normalized spacial score (nSPS) is 12.4. The molecule has 0 N–H and O–H groups in total. The molecule has 0 bridgehead atoms. The highest BCUT2D eigenvalue weighted by Gasteiger charge is 2.17. The lowest BCUT2D eigenvalue weighted by Gasteiger charge is -2.13. The summed E-state index contributed by atoms with van der Waals surface area (Å²) in [4.78, 5) is 12.2. The van der Waals surface area contributed by atoms with Gasteiger partial charge in [0.1, 0.15) is 0 Å². The van der Waals surface area contributed by atoms with E-state index in [-0.39, 0.29) is 5.92 Å². The molecule has 0 aromatic heterocycles. The van der Waals surface area contributed by atoms with Crippen molar-refractivity contribution >= 4 is 5.78 Å². The molecule has 0 fully saturated rings. The Bertz CT molecular complexity index is 302. The Morgan fingerprint density at radius 1 is 1.12 bits per heavy atom. The first-order valence-corrected chi connectivity index (χ1v) is 6.38. The predicted octanol–water partition coefficient (Wildman–Crippen LogP) is 4.48. The average Bonchev–Trinajstić information content (AvgIpc) is 2.35. The van der Waals surface area contributed by atoms with Gasteiger partial charge in [-0.2, -0.15) is 0 Å². The Morgan fingerprint density at radius 3 is 2.38 bits per heavy atom. The van der Waals surface area contributed by atoms with E-state index in [2.05, 4.69) is 13.8 Å². The highest BCUT2D eigenvalue weighted by molar-refractivity contribution is 5.97. The maximum atomic E-state index is 12.2. The van der Waals surface area contributed by atoms with Gasteiger partial charge in [0.25, 0.3) is 0 Å². The molecule has 0 radical (unpaired) electrons. The summed E-state index contributed by atoms with van der Waals surface area (Å²) in [7, 11) is 0. The van der Waals surface area contributed by atoms with Crippen LogP contribution < -0.4 is 0 Å². The van der Waals surface area contributed by atoms with Gasteiger partial charge >= 0.3 is 0 Å². The van der Waals surface area contributed by atoms with Crippen molar-refractivity contribution in [3.63, 3.8) is 0 Å². The predicted molar refractivity (Wildman–Crippen MR) is 68.7 cm³/mol. The van der Waals surface area contributed by atoms with Gasteiger partial charge in [-0.15, -0.1) is 0 Å². The minimum Gasteiger partial charge on any atom is -0.294 e. The van der Waals surface area contributed by atoms with Gasteiger partial charge in [-0.3, -0.25) is 4.79 Å². The van der Waals surface area contributed by atoms with Gasteiger partial charge in [0, 0.05) is 11.5 Å². The number of rotatable bonds is 7. The zero-order chi connectivity index (χ0) is 11.8. The van der Waals surface area contributed by atoms with E-state index in [0.29, 0.717) is 5.78 Å². The number of Topliss-reactive ketones (excluding diaryl/α,β-unsaturated/α-hetero) is 1. The van der Waals surface area contributed by atoms with Gasteiger partial charge in [-0.1, -0.05) is 63.4 Å². The molecule has 1 rings (SSSR count). The number of benzene rings is 1. The fraction of sp³-hybridized carbons (Fsp3) is 0.533. The summed E-state index contributed by atoms with van der Waals surface area (Å²) in [6.07, 6.45) is 5.62. The van der Waals surface area contributed by atoms with Crippen LogP contribution in [0, 0.1) is 5.92 Å². The van der Waals surface area contributed by atoms with E-state index < -0.39 is 0 Å². The van der Waals surface area contributed by atoms with E-state index >= 15 is 0 Å². The molecule has 0 spiro atoms. The van der Waals surface area contributed by atoms with E-state index in [9.17, 15) is 4.79 Å². The van der Waals surface area contributed by atoms with Crippen molar-refractivity contribution in [2.24, 2.45) is 5.92 Å². The molecule has 1 atom stereocenters. The first-order valence-electron chi connectivity index (χ1n) is 6.38. The minimum absolute atomic E-state index is 0.217. The van der Waals surface area contributed by atoms with E-state index in [1.807, 2.05) is 30.3 Å². The molecule has 0 amide bonds. The maximum absolute atomic E-state index is 12.2. The molecule has 0 saturated carbocycles. The van der Waals surface area contributed by atoms with Crippen molar-refractivity contribution in [1.29, 1.82) is 0 Å². The van der Waals surface area contributed by atoms with Crippen molar-refractivity contribution in [3.8, 4) is 0 Å². The first-order chi connectivity index (χ1) is 7.79. The third kappa shape index (κ3) is 3.80. The van der Waals surface area contributed by atoms with Gasteiger partial charge in [0.2, 0.25) is 0 Å². The number of unbranched alkanes of at least 4 members (excludes halogenated alkanes) is 2. The zero-order valence-electron chi connectivity index (χ0n) is 10.4. The van der Waals surface area contributed by atoms with E-state index in [1.54, 1.807) is 0 Å². The molecule has 1 heteroatoms. The number of carbonyl (C=O) groups is 1. The fourth-order valence-corrected chi connectivity index (χ4v) is 2.00. The monoisotopic (exact) mass is 218 g/mol. The lowest BCUT2D eigenvalue weighted by molar-refractivity contribution is 0.0908. The SMILES string of the molecule is CCCCCC(CC)C(=O)c1ccccc1. The van der Waals surface area contributed by atoms with Crippen molar-refractivity contribution in [3.05, 3.63) is 35.9 Å². The Labute approximate surface area is 98.9 Å². The quantitative estimate of drug-likeness (QED) is 0.487. The van der Waals surface area contributed by atoms with Crippen LogP contribution in [0.25, 0.3) is 0 Å². The summed E-state index contributed by atoms with van der Waals surface area (Å²) >= 11 is 0. The summed E-state index contributed by atoms with van der Waals surface area (Å²) in [6, 6.07) is 9.67. The van der Waals surface area contributed by atoms with Crippen LogP contribution in [0.5, 0.6) is 0 Å². The van der Waals surface area contributed by atoms with Gasteiger partial charge in [0.05, 0.1) is 0 Å². The average molecular weight is 218 g/mol. The number of ketones is 1. The smallest absolute Gasteiger partial charge is 0.165 e. The second-order valence-electron chi connectivity index (χ2n) is 4.33. The van der Waals surface area contributed by atoms with Crippen LogP contribution in [0.15, 0.2) is 30.3 Å². The molecule has 0 aliphatic carbocycles. The molecule has 0 aliphatic heterocycles. The lowest BCUT2D eigenvalue weighted by atomic mass is 9.90. The summed E-state index contributed by atoms with van der Waals surface area (Å²) in [5, 5.41) is 0. The van der Waals surface area contributed by atoms with E-state index in [0.717, 1.165) is 18.4 Å². The molecular weight excluding hydrogens is 196 g/mol. The Morgan fingerprint density at radius 2 is 1.81 bits per heavy atom. The van der Waals surface area contributed by atoms with E-state index in [1.165, 1.54) is 19.3 Å². The van der Waals surface area contributed by atoms with E-state index in [4.69, 9.17) is 0 Å². The van der Waals surface area contributed by atoms with Crippen LogP contribution in [-0.4, -0.2) is 5.78 Å². The summed E-state index contributed by atoms with van der Waals surface area (Å²) < 4.78 is 0. The van der Waals surface area contributed by atoms with Gasteiger partial charge < -0.3 is 0 Å². The Kier molecular flexibility index (Phi) is 5.84. The molecule has 1 nitrogen and oxygen atoms in total. The molecule has 0 saturated heterocycles. The maximum Gasteiger partial charge on any atom is 0.165 e. The Balaban J connectivity index is 2.56. The standard InChI is InChI=1S/C15H22O/c1-3-5-7-10-13(4-2)15(16)14-11-8-6-9-12-14/h6,8-9,11-13H,3-5,7,10H2,1-2H3. The minimum atomic E-state index is 0.217. The third-order valence-corrected chi connectivity index (χ3v) is 3.08. The van der Waals surface area contributed by atoms with Crippen molar-refractivity contribution in [2.75, 3.05) is 0 Å². The summed E-state index contributed by atoms with van der Waals surface area (Å²) in [5.74, 6) is 0.535. The van der Waals surface area contributed by atoms with Crippen LogP contribution in [0.4, 0.5) is 0 Å². The summed E-state index contributed by atoms with van der Waals surface area (Å²) in [5.41, 5.74) is 0.867. The highest BCUT2D eigenvalue weighted by atomic mass is 16.1. The van der Waals surface area contributed by atoms with Crippen LogP contribution >= 0.6 is 0 Å². The number of hydrogen-bond acceptors (Lipinski definition) is 1. The van der Waals surface area contributed by atoms with Gasteiger partial charge in [0.15, 0.2) is 5.78 Å².